The lowest BCUT2D eigenvalue weighted by atomic mass is 10.1. The summed E-state index contributed by atoms with van der Waals surface area (Å²) >= 11 is 0. The lowest BCUT2D eigenvalue weighted by molar-refractivity contribution is -0.142. The number of hydrogen-bond donors (Lipinski definition) is 1. The van der Waals surface area contributed by atoms with Crippen molar-refractivity contribution in [2.45, 2.75) is 38.4 Å². The molecule has 10 heteroatoms. The zero-order chi connectivity index (χ0) is 15.0. The number of carboxylic acid groups (broad SMARTS) is 1. The van der Waals surface area contributed by atoms with Crippen molar-refractivity contribution in [1.82, 2.24) is 23.4 Å². The van der Waals surface area contributed by atoms with E-state index in [1.165, 1.54) is 4.31 Å². The maximum atomic E-state index is 12.7. The molecule has 1 N–H and O–H groups in total. The molecule has 1 aromatic heterocycles. The SMILES string of the molecule is O=C(O)C1CCCCN1S(=O)(=O)N1CCn2cnnc2C1. The zero-order valence-electron chi connectivity index (χ0n) is 11.4. The Bertz CT molecular complexity index is 643. The molecule has 1 saturated heterocycles. The molecule has 0 saturated carbocycles. The first-order valence-corrected chi connectivity index (χ1v) is 8.26. The second-order valence-electron chi connectivity index (χ2n) is 5.24. The van der Waals surface area contributed by atoms with Gasteiger partial charge in [0.25, 0.3) is 10.2 Å². The smallest absolute Gasteiger partial charge is 0.322 e. The Balaban J connectivity index is 1.85. The predicted octanol–water partition coefficient (Wildman–Crippen LogP) is -0.722. The Kier molecular flexibility index (Phi) is 3.68. The molecule has 0 spiro atoms. The van der Waals surface area contributed by atoms with Gasteiger partial charge in [-0.1, -0.05) is 0 Å². The number of hydrogen-bond acceptors (Lipinski definition) is 5. The predicted molar refractivity (Wildman–Crippen MR) is 71.3 cm³/mol. The van der Waals surface area contributed by atoms with Gasteiger partial charge in [-0.15, -0.1) is 10.2 Å². The highest BCUT2D eigenvalue weighted by Crippen LogP contribution is 2.25. The molecule has 2 aliphatic rings. The van der Waals surface area contributed by atoms with Gasteiger partial charge in [-0.05, 0) is 19.3 Å². The molecule has 1 atom stereocenters. The van der Waals surface area contributed by atoms with Crippen LogP contribution < -0.4 is 0 Å². The highest BCUT2D eigenvalue weighted by Gasteiger charge is 2.41. The van der Waals surface area contributed by atoms with Crippen LogP contribution in [-0.2, 0) is 28.1 Å². The van der Waals surface area contributed by atoms with Crippen LogP contribution >= 0.6 is 0 Å². The van der Waals surface area contributed by atoms with Crippen molar-refractivity contribution in [1.29, 1.82) is 0 Å². The molecular weight excluding hydrogens is 298 g/mol. The number of piperidine rings is 1. The zero-order valence-corrected chi connectivity index (χ0v) is 12.2. The average molecular weight is 315 g/mol. The van der Waals surface area contributed by atoms with Crippen molar-refractivity contribution in [3.63, 3.8) is 0 Å². The number of carboxylic acids is 1. The number of fused-ring (bicyclic) bond motifs is 1. The molecule has 0 bridgehead atoms. The number of rotatable bonds is 3. The van der Waals surface area contributed by atoms with Gasteiger partial charge in [0.05, 0.1) is 6.54 Å². The third kappa shape index (κ3) is 2.54. The molecular formula is C11H17N5O4S. The van der Waals surface area contributed by atoms with Gasteiger partial charge in [0.1, 0.15) is 18.2 Å². The first kappa shape index (κ1) is 14.4. The van der Waals surface area contributed by atoms with Crippen molar-refractivity contribution in [2.24, 2.45) is 0 Å². The summed E-state index contributed by atoms with van der Waals surface area (Å²) in [6.45, 7) is 1.16. The van der Waals surface area contributed by atoms with Crippen molar-refractivity contribution in [3.05, 3.63) is 12.2 Å². The second-order valence-corrected chi connectivity index (χ2v) is 7.12. The summed E-state index contributed by atoms with van der Waals surface area (Å²) in [5.41, 5.74) is 0. The van der Waals surface area contributed by atoms with Crippen molar-refractivity contribution >= 4 is 16.2 Å². The van der Waals surface area contributed by atoms with Crippen LogP contribution in [0.3, 0.4) is 0 Å². The van der Waals surface area contributed by atoms with E-state index < -0.39 is 22.2 Å². The van der Waals surface area contributed by atoms with Crippen LogP contribution in [-0.4, -0.2) is 62.0 Å². The van der Waals surface area contributed by atoms with Crippen molar-refractivity contribution in [3.8, 4) is 0 Å². The van der Waals surface area contributed by atoms with E-state index in [2.05, 4.69) is 10.2 Å². The van der Waals surface area contributed by atoms with Gasteiger partial charge in [0.15, 0.2) is 0 Å². The van der Waals surface area contributed by atoms with Crippen LogP contribution in [0.25, 0.3) is 0 Å². The second kappa shape index (κ2) is 5.35. The van der Waals surface area contributed by atoms with Crippen LogP contribution in [0.5, 0.6) is 0 Å². The van der Waals surface area contributed by atoms with Crippen molar-refractivity contribution < 1.29 is 18.3 Å². The summed E-state index contributed by atoms with van der Waals surface area (Å²) in [6, 6.07) is -0.969. The highest BCUT2D eigenvalue weighted by molar-refractivity contribution is 7.86. The van der Waals surface area contributed by atoms with Crippen molar-refractivity contribution in [2.75, 3.05) is 13.1 Å². The van der Waals surface area contributed by atoms with Gasteiger partial charge in [0, 0.05) is 19.6 Å². The van der Waals surface area contributed by atoms with E-state index in [-0.39, 0.29) is 13.1 Å². The minimum Gasteiger partial charge on any atom is -0.480 e. The normalized spacial score (nSPS) is 24.7. The van der Waals surface area contributed by atoms with E-state index in [4.69, 9.17) is 0 Å². The molecule has 0 radical (unpaired) electrons. The summed E-state index contributed by atoms with van der Waals surface area (Å²) in [7, 11) is -3.80. The highest BCUT2D eigenvalue weighted by atomic mass is 32.2. The first-order valence-electron chi connectivity index (χ1n) is 6.86. The topological polar surface area (TPSA) is 109 Å². The van der Waals surface area contributed by atoms with Gasteiger partial charge in [-0.25, -0.2) is 0 Å². The van der Waals surface area contributed by atoms with Gasteiger partial charge in [-0.2, -0.15) is 17.0 Å². The lowest BCUT2D eigenvalue weighted by Crippen LogP contribution is -2.54. The van der Waals surface area contributed by atoms with Gasteiger partial charge in [0.2, 0.25) is 0 Å². The largest absolute Gasteiger partial charge is 0.480 e. The maximum absolute atomic E-state index is 12.7. The number of nitrogens with zero attached hydrogens (tertiary/aromatic N) is 5. The third-order valence-electron chi connectivity index (χ3n) is 3.97. The summed E-state index contributed by atoms with van der Waals surface area (Å²) in [5, 5.41) is 16.9. The van der Waals surface area contributed by atoms with Gasteiger partial charge in [-0.3, -0.25) is 4.79 Å². The lowest BCUT2D eigenvalue weighted by Gasteiger charge is -2.37. The fraction of sp³-hybridized carbons (Fsp3) is 0.727. The number of aliphatic carboxylic acids is 1. The van der Waals surface area contributed by atoms with E-state index >= 15 is 0 Å². The van der Waals surface area contributed by atoms with Crippen LogP contribution in [0.2, 0.25) is 0 Å². The summed E-state index contributed by atoms with van der Waals surface area (Å²) in [6.07, 6.45) is 3.35. The van der Waals surface area contributed by atoms with Gasteiger partial charge < -0.3 is 9.67 Å². The molecule has 1 fully saturated rings. The van der Waals surface area contributed by atoms with Crippen LogP contribution in [0.4, 0.5) is 0 Å². The molecule has 21 heavy (non-hydrogen) atoms. The molecule has 0 amide bonds. The Labute approximate surface area is 122 Å². The Morgan fingerprint density at radius 3 is 2.86 bits per heavy atom. The Morgan fingerprint density at radius 1 is 1.29 bits per heavy atom. The monoisotopic (exact) mass is 315 g/mol. The third-order valence-corrected chi connectivity index (χ3v) is 5.96. The molecule has 0 aromatic carbocycles. The number of carbonyl (C=O) groups is 1. The minimum absolute atomic E-state index is 0.130. The Hall–Kier alpha value is -1.52. The number of aromatic nitrogens is 3. The average Bonchev–Trinajstić information content (AvgIpc) is 2.94. The van der Waals surface area contributed by atoms with E-state index in [0.29, 0.717) is 31.8 Å². The van der Waals surface area contributed by atoms with E-state index in [9.17, 15) is 18.3 Å². The summed E-state index contributed by atoms with van der Waals surface area (Å²) < 4.78 is 29.6. The molecule has 3 rings (SSSR count). The minimum atomic E-state index is -3.80. The molecule has 0 aliphatic carbocycles. The summed E-state index contributed by atoms with van der Waals surface area (Å²) in [4.78, 5) is 11.3. The quantitative estimate of drug-likeness (QED) is 0.788. The molecule has 1 aromatic rings. The maximum Gasteiger partial charge on any atom is 0.322 e. The van der Waals surface area contributed by atoms with Gasteiger partial charge >= 0.3 is 5.97 Å². The fourth-order valence-corrected chi connectivity index (χ4v) is 4.58. The fourth-order valence-electron chi connectivity index (χ4n) is 2.82. The first-order chi connectivity index (χ1) is 10.00. The molecule has 3 heterocycles. The van der Waals surface area contributed by atoms with Crippen LogP contribution in [0.1, 0.15) is 25.1 Å². The molecule has 2 aliphatic heterocycles. The van der Waals surface area contributed by atoms with E-state index in [1.54, 1.807) is 10.9 Å². The van der Waals surface area contributed by atoms with Crippen LogP contribution in [0.15, 0.2) is 6.33 Å². The molecule has 1 unspecified atom stereocenters. The van der Waals surface area contributed by atoms with Crippen LogP contribution in [0, 0.1) is 0 Å². The van der Waals surface area contributed by atoms with E-state index in [0.717, 1.165) is 10.7 Å². The van der Waals surface area contributed by atoms with E-state index in [1.807, 2.05) is 0 Å². The molecule has 116 valence electrons. The summed E-state index contributed by atoms with van der Waals surface area (Å²) in [5.74, 6) is -0.507. The standard InChI is InChI=1S/C11H17N5O4S/c17-11(18)9-3-1-2-4-16(9)21(19,20)15-6-5-14-8-12-13-10(14)7-15/h8-9H,1-7H2,(H,17,18). The Morgan fingerprint density at radius 2 is 2.10 bits per heavy atom. The molecule has 9 nitrogen and oxygen atoms in total.